The Bertz CT molecular complexity index is 851. The zero-order valence-corrected chi connectivity index (χ0v) is 15.0. The summed E-state index contributed by atoms with van der Waals surface area (Å²) in [6.07, 6.45) is 0.672. The highest BCUT2D eigenvalue weighted by Crippen LogP contribution is 2.36. The molecule has 0 bridgehead atoms. The lowest BCUT2D eigenvalue weighted by molar-refractivity contribution is -0.385. The molecule has 1 aliphatic heterocycles. The molecule has 0 fully saturated rings. The molecule has 0 saturated carbocycles. The minimum Gasteiger partial charge on any atom is -0.486 e. The summed E-state index contributed by atoms with van der Waals surface area (Å²) in [5.74, 6) is -1.05. The van der Waals surface area contributed by atoms with Gasteiger partial charge < -0.3 is 19.5 Å². The van der Waals surface area contributed by atoms with E-state index in [1.807, 2.05) is 17.5 Å². The number of amides is 1. The van der Waals surface area contributed by atoms with Gasteiger partial charge in [0.15, 0.2) is 18.1 Å². The van der Waals surface area contributed by atoms with Crippen molar-refractivity contribution in [1.82, 2.24) is 5.32 Å². The molecule has 1 amide bonds. The van der Waals surface area contributed by atoms with Gasteiger partial charge in [-0.2, -0.15) is 0 Å². The molecule has 0 saturated heterocycles. The van der Waals surface area contributed by atoms with Gasteiger partial charge >= 0.3 is 5.97 Å². The number of esters is 1. The molecular weight excluding hydrogens is 376 g/mol. The maximum atomic E-state index is 12.2. The second-order valence-electron chi connectivity index (χ2n) is 5.53. The van der Waals surface area contributed by atoms with Crippen LogP contribution in [0.3, 0.4) is 0 Å². The van der Waals surface area contributed by atoms with Crippen molar-refractivity contribution in [2.45, 2.75) is 6.42 Å². The van der Waals surface area contributed by atoms with Crippen LogP contribution < -0.4 is 14.8 Å². The average Bonchev–Trinajstić information content (AvgIpc) is 3.18. The summed E-state index contributed by atoms with van der Waals surface area (Å²) in [5.41, 5.74) is -0.766. The Kier molecular flexibility index (Phi) is 5.87. The van der Waals surface area contributed by atoms with Crippen molar-refractivity contribution in [3.8, 4) is 11.5 Å². The van der Waals surface area contributed by atoms with Gasteiger partial charge in [-0.25, -0.2) is 4.79 Å². The third kappa shape index (κ3) is 4.73. The number of nitrogens with zero attached hydrogens (tertiary/aromatic N) is 1. The highest BCUT2D eigenvalue weighted by atomic mass is 32.1. The van der Waals surface area contributed by atoms with Gasteiger partial charge in [-0.05, 0) is 17.9 Å². The number of nitrogens with one attached hydrogen (secondary N) is 1. The van der Waals surface area contributed by atoms with Crippen molar-refractivity contribution in [2.75, 3.05) is 26.4 Å². The number of nitro benzene ring substituents is 1. The van der Waals surface area contributed by atoms with E-state index in [9.17, 15) is 19.7 Å². The van der Waals surface area contributed by atoms with Gasteiger partial charge in [-0.1, -0.05) is 6.07 Å². The summed E-state index contributed by atoms with van der Waals surface area (Å²) in [7, 11) is 0. The number of rotatable bonds is 7. The summed E-state index contributed by atoms with van der Waals surface area (Å²) >= 11 is 1.58. The smallest absolute Gasteiger partial charge is 0.345 e. The zero-order chi connectivity index (χ0) is 19.2. The molecule has 1 N–H and O–H groups in total. The standard InChI is InChI=1S/C17H16N2O7S/c20-16(18-4-3-11-2-1-7-27-11)10-26-17(21)12-8-14-15(25-6-5-24-14)9-13(12)19(22)23/h1-2,7-9H,3-6,10H2,(H,18,20). The van der Waals surface area contributed by atoms with Crippen molar-refractivity contribution in [2.24, 2.45) is 0 Å². The van der Waals surface area contributed by atoms with Gasteiger partial charge in [0, 0.05) is 17.5 Å². The van der Waals surface area contributed by atoms with Crippen molar-refractivity contribution in [3.63, 3.8) is 0 Å². The summed E-state index contributed by atoms with van der Waals surface area (Å²) in [5, 5.41) is 15.8. The predicted octanol–water partition coefficient (Wildman–Crippen LogP) is 1.94. The number of benzene rings is 1. The lowest BCUT2D eigenvalue weighted by atomic mass is 10.1. The first-order valence-corrected chi connectivity index (χ1v) is 8.97. The number of carbonyl (C=O) groups is 2. The van der Waals surface area contributed by atoms with Crippen LogP contribution in [0.5, 0.6) is 11.5 Å². The Morgan fingerprint density at radius 2 is 2.00 bits per heavy atom. The van der Waals surface area contributed by atoms with E-state index in [1.54, 1.807) is 11.3 Å². The van der Waals surface area contributed by atoms with E-state index in [0.29, 0.717) is 13.0 Å². The minimum absolute atomic E-state index is 0.191. The molecule has 0 unspecified atom stereocenters. The number of ether oxygens (including phenoxy) is 3. The first-order valence-electron chi connectivity index (χ1n) is 8.09. The van der Waals surface area contributed by atoms with Crippen LogP contribution in [0.2, 0.25) is 0 Å². The normalized spacial score (nSPS) is 12.3. The largest absolute Gasteiger partial charge is 0.486 e. The average molecular weight is 392 g/mol. The van der Waals surface area contributed by atoms with Gasteiger partial charge in [0.2, 0.25) is 0 Å². The second-order valence-corrected chi connectivity index (χ2v) is 6.56. The Morgan fingerprint density at radius 3 is 2.67 bits per heavy atom. The van der Waals surface area contributed by atoms with Crippen LogP contribution in [0, 0.1) is 10.1 Å². The fourth-order valence-corrected chi connectivity index (χ4v) is 3.14. The molecule has 1 aromatic heterocycles. The fraction of sp³-hybridized carbons (Fsp3) is 0.294. The van der Waals surface area contributed by atoms with Gasteiger partial charge in [-0.3, -0.25) is 14.9 Å². The Balaban J connectivity index is 1.58. The van der Waals surface area contributed by atoms with E-state index in [0.717, 1.165) is 10.9 Å². The topological polar surface area (TPSA) is 117 Å². The van der Waals surface area contributed by atoms with Gasteiger partial charge in [0.25, 0.3) is 11.6 Å². The van der Waals surface area contributed by atoms with E-state index >= 15 is 0 Å². The van der Waals surface area contributed by atoms with Crippen LogP contribution in [-0.4, -0.2) is 43.2 Å². The van der Waals surface area contributed by atoms with Crippen LogP contribution in [-0.2, 0) is 16.0 Å². The Hall–Kier alpha value is -3.14. The number of thiophene rings is 1. The number of nitro groups is 1. The molecule has 142 valence electrons. The molecule has 0 aliphatic carbocycles. The fourth-order valence-electron chi connectivity index (χ4n) is 2.43. The number of hydrogen-bond donors (Lipinski definition) is 1. The van der Waals surface area contributed by atoms with E-state index in [-0.39, 0.29) is 30.3 Å². The lowest BCUT2D eigenvalue weighted by Crippen LogP contribution is -2.30. The Morgan fingerprint density at radius 1 is 1.26 bits per heavy atom. The molecule has 10 heteroatoms. The molecule has 0 radical (unpaired) electrons. The molecule has 1 aliphatic rings. The third-order valence-electron chi connectivity index (χ3n) is 3.69. The highest BCUT2D eigenvalue weighted by Gasteiger charge is 2.27. The van der Waals surface area contributed by atoms with E-state index < -0.39 is 29.1 Å². The molecule has 9 nitrogen and oxygen atoms in total. The zero-order valence-electron chi connectivity index (χ0n) is 14.1. The van der Waals surface area contributed by atoms with Crippen LogP contribution in [0.25, 0.3) is 0 Å². The highest BCUT2D eigenvalue weighted by molar-refractivity contribution is 7.09. The molecule has 0 spiro atoms. The van der Waals surface area contributed by atoms with E-state index in [2.05, 4.69) is 5.32 Å². The molecular formula is C17H16N2O7S. The predicted molar refractivity (Wildman–Crippen MR) is 95.4 cm³/mol. The van der Waals surface area contributed by atoms with Gasteiger partial charge in [0.05, 0.1) is 11.0 Å². The second kappa shape index (κ2) is 8.49. The monoisotopic (exact) mass is 392 g/mol. The molecule has 1 aromatic carbocycles. The maximum Gasteiger partial charge on any atom is 0.345 e. The van der Waals surface area contributed by atoms with Crippen LogP contribution in [0.4, 0.5) is 5.69 Å². The lowest BCUT2D eigenvalue weighted by Gasteiger charge is -2.18. The van der Waals surface area contributed by atoms with Crippen LogP contribution >= 0.6 is 11.3 Å². The first kappa shape index (κ1) is 18.6. The summed E-state index contributed by atoms with van der Waals surface area (Å²) in [4.78, 5) is 35.7. The van der Waals surface area contributed by atoms with Crippen molar-refractivity contribution < 1.29 is 28.7 Å². The van der Waals surface area contributed by atoms with Crippen LogP contribution in [0.1, 0.15) is 15.2 Å². The van der Waals surface area contributed by atoms with Crippen molar-refractivity contribution in [3.05, 3.63) is 50.2 Å². The quantitative estimate of drug-likeness (QED) is 0.435. The van der Waals surface area contributed by atoms with Gasteiger partial charge in [-0.15, -0.1) is 11.3 Å². The summed E-state index contributed by atoms with van der Waals surface area (Å²) in [6.45, 7) is 0.404. The third-order valence-corrected chi connectivity index (χ3v) is 4.62. The molecule has 2 heterocycles. The van der Waals surface area contributed by atoms with E-state index in [1.165, 1.54) is 6.07 Å². The first-order chi connectivity index (χ1) is 13.0. The summed E-state index contributed by atoms with van der Waals surface area (Å²) < 4.78 is 15.5. The molecule has 27 heavy (non-hydrogen) atoms. The number of fused-ring (bicyclic) bond motifs is 1. The molecule has 2 aromatic rings. The number of hydrogen-bond acceptors (Lipinski definition) is 8. The Labute approximate surface area is 158 Å². The maximum absolute atomic E-state index is 12.2. The van der Waals surface area contributed by atoms with Crippen LogP contribution in [0.15, 0.2) is 29.6 Å². The summed E-state index contributed by atoms with van der Waals surface area (Å²) in [6, 6.07) is 6.19. The van der Waals surface area contributed by atoms with Crippen molar-refractivity contribution >= 4 is 28.9 Å². The van der Waals surface area contributed by atoms with Gasteiger partial charge in [0.1, 0.15) is 18.8 Å². The molecule has 0 atom stereocenters. The van der Waals surface area contributed by atoms with E-state index in [4.69, 9.17) is 14.2 Å². The minimum atomic E-state index is -0.980. The molecule has 3 rings (SSSR count). The van der Waals surface area contributed by atoms with Crippen molar-refractivity contribution in [1.29, 1.82) is 0 Å². The SMILES string of the molecule is O=C(COC(=O)c1cc2c(cc1[N+](=O)[O-])OCCO2)NCCc1cccs1. The number of carbonyl (C=O) groups excluding carboxylic acids is 2.